The quantitative estimate of drug-likeness (QED) is 0.759. The Balaban J connectivity index is 2.78. The normalized spacial score (nSPS) is 12.8. The van der Waals surface area contributed by atoms with Gasteiger partial charge in [0.05, 0.1) is 0 Å². The smallest absolute Gasteiger partial charge is 0.123 e. The van der Waals surface area contributed by atoms with E-state index < -0.39 is 0 Å². The Bertz CT molecular complexity index is 260. The maximum absolute atomic E-state index is 12.8. The zero-order valence-corrected chi connectivity index (χ0v) is 7.83. The zero-order chi connectivity index (χ0) is 9.68. The van der Waals surface area contributed by atoms with Gasteiger partial charge in [0.2, 0.25) is 0 Å². The van der Waals surface area contributed by atoms with E-state index in [1.54, 1.807) is 6.07 Å². The number of rotatable bonds is 4. The fraction of sp³-hybridized carbons (Fsp3) is 0.455. The molecular weight excluding hydrogens is 167 g/mol. The molecule has 1 aromatic carbocycles. The molecule has 72 valence electrons. The Labute approximate surface area is 78.2 Å². The topological polar surface area (TPSA) is 20.2 Å². The summed E-state index contributed by atoms with van der Waals surface area (Å²) in [5.41, 5.74) is 0.893. The summed E-state index contributed by atoms with van der Waals surface area (Å²) in [5, 5.41) is 9.08. The zero-order valence-electron chi connectivity index (χ0n) is 7.83. The van der Waals surface area contributed by atoms with Crippen molar-refractivity contribution in [2.24, 2.45) is 0 Å². The van der Waals surface area contributed by atoms with Gasteiger partial charge in [-0.25, -0.2) is 4.39 Å². The van der Waals surface area contributed by atoms with Crippen molar-refractivity contribution in [3.05, 3.63) is 35.6 Å². The van der Waals surface area contributed by atoms with Crippen molar-refractivity contribution in [1.82, 2.24) is 0 Å². The molecular formula is C11H15FO. The summed E-state index contributed by atoms with van der Waals surface area (Å²) in [7, 11) is 0. The number of benzene rings is 1. The van der Waals surface area contributed by atoms with Gasteiger partial charge in [-0.05, 0) is 24.1 Å². The van der Waals surface area contributed by atoms with Gasteiger partial charge in [0, 0.05) is 12.5 Å². The second kappa shape index (κ2) is 4.97. The summed E-state index contributed by atoms with van der Waals surface area (Å²) in [5.74, 6) is -0.146. The monoisotopic (exact) mass is 182 g/mol. The van der Waals surface area contributed by atoms with Gasteiger partial charge in [-0.3, -0.25) is 0 Å². The molecule has 1 aromatic rings. The molecule has 0 bridgehead atoms. The molecule has 0 aliphatic carbocycles. The molecule has 0 radical (unpaired) electrons. The molecule has 13 heavy (non-hydrogen) atoms. The SMILES string of the molecule is CCCC(CO)c1cccc(F)c1. The minimum Gasteiger partial charge on any atom is -0.396 e. The predicted molar refractivity (Wildman–Crippen MR) is 51.1 cm³/mol. The molecule has 0 aliphatic rings. The van der Waals surface area contributed by atoms with Crippen LogP contribution in [0.1, 0.15) is 31.2 Å². The second-order valence-electron chi connectivity index (χ2n) is 3.22. The molecule has 2 heteroatoms. The summed E-state index contributed by atoms with van der Waals surface area (Å²) < 4.78 is 12.8. The van der Waals surface area contributed by atoms with Crippen LogP contribution >= 0.6 is 0 Å². The largest absolute Gasteiger partial charge is 0.396 e. The van der Waals surface area contributed by atoms with Crippen LogP contribution < -0.4 is 0 Å². The molecule has 0 aromatic heterocycles. The van der Waals surface area contributed by atoms with E-state index in [0.717, 1.165) is 18.4 Å². The fourth-order valence-corrected chi connectivity index (χ4v) is 1.47. The average molecular weight is 182 g/mol. The van der Waals surface area contributed by atoms with E-state index in [1.807, 2.05) is 6.07 Å². The molecule has 1 rings (SSSR count). The van der Waals surface area contributed by atoms with Crippen LogP contribution in [0.4, 0.5) is 4.39 Å². The Morgan fingerprint density at radius 3 is 2.77 bits per heavy atom. The lowest BCUT2D eigenvalue weighted by Gasteiger charge is -2.12. The maximum Gasteiger partial charge on any atom is 0.123 e. The van der Waals surface area contributed by atoms with Crippen molar-refractivity contribution in [3.63, 3.8) is 0 Å². The van der Waals surface area contributed by atoms with Crippen LogP contribution in [0.15, 0.2) is 24.3 Å². The van der Waals surface area contributed by atoms with Gasteiger partial charge in [-0.1, -0.05) is 25.5 Å². The first-order valence-corrected chi connectivity index (χ1v) is 4.64. The molecule has 0 heterocycles. The standard InChI is InChI=1S/C11H15FO/c1-2-4-10(8-13)9-5-3-6-11(12)7-9/h3,5-7,10,13H,2,4,8H2,1H3. The van der Waals surface area contributed by atoms with Crippen LogP contribution in [-0.4, -0.2) is 11.7 Å². The Morgan fingerprint density at radius 1 is 1.46 bits per heavy atom. The van der Waals surface area contributed by atoms with Crippen LogP contribution in [0.5, 0.6) is 0 Å². The van der Waals surface area contributed by atoms with E-state index in [-0.39, 0.29) is 18.3 Å². The third-order valence-electron chi connectivity index (χ3n) is 2.18. The molecule has 0 amide bonds. The second-order valence-corrected chi connectivity index (χ2v) is 3.22. The molecule has 1 atom stereocenters. The average Bonchev–Trinajstić information content (AvgIpc) is 2.14. The molecule has 0 saturated heterocycles. The van der Waals surface area contributed by atoms with E-state index >= 15 is 0 Å². The van der Waals surface area contributed by atoms with Crippen molar-refractivity contribution in [2.75, 3.05) is 6.61 Å². The van der Waals surface area contributed by atoms with E-state index in [2.05, 4.69) is 6.92 Å². The van der Waals surface area contributed by atoms with Gasteiger partial charge in [0.15, 0.2) is 0 Å². The Morgan fingerprint density at radius 2 is 2.23 bits per heavy atom. The number of halogens is 1. The number of hydrogen-bond donors (Lipinski definition) is 1. The molecule has 1 unspecified atom stereocenters. The highest BCUT2D eigenvalue weighted by molar-refractivity contribution is 5.20. The van der Waals surface area contributed by atoms with E-state index in [0.29, 0.717) is 0 Å². The van der Waals surface area contributed by atoms with Gasteiger partial charge < -0.3 is 5.11 Å². The van der Waals surface area contributed by atoms with E-state index in [9.17, 15) is 4.39 Å². The summed E-state index contributed by atoms with van der Waals surface area (Å²) in [4.78, 5) is 0. The van der Waals surface area contributed by atoms with Crippen molar-refractivity contribution in [2.45, 2.75) is 25.7 Å². The number of hydrogen-bond acceptors (Lipinski definition) is 1. The third kappa shape index (κ3) is 2.81. The van der Waals surface area contributed by atoms with E-state index in [4.69, 9.17) is 5.11 Å². The Hall–Kier alpha value is -0.890. The van der Waals surface area contributed by atoms with Crippen LogP contribution in [-0.2, 0) is 0 Å². The van der Waals surface area contributed by atoms with Crippen molar-refractivity contribution >= 4 is 0 Å². The third-order valence-corrected chi connectivity index (χ3v) is 2.18. The molecule has 0 saturated carbocycles. The summed E-state index contributed by atoms with van der Waals surface area (Å²) in [6, 6.07) is 6.46. The first-order valence-electron chi connectivity index (χ1n) is 4.64. The lowest BCUT2D eigenvalue weighted by Crippen LogP contribution is -2.03. The fourth-order valence-electron chi connectivity index (χ4n) is 1.47. The van der Waals surface area contributed by atoms with Gasteiger partial charge in [-0.15, -0.1) is 0 Å². The lowest BCUT2D eigenvalue weighted by atomic mass is 9.95. The predicted octanol–water partition coefficient (Wildman–Crippen LogP) is 2.70. The Kier molecular flexibility index (Phi) is 3.90. The van der Waals surface area contributed by atoms with Gasteiger partial charge in [0.1, 0.15) is 5.82 Å². The number of aliphatic hydroxyl groups is 1. The maximum atomic E-state index is 12.8. The summed E-state index contributed by atoms with van der Waals surface area (Å²) in [6.45, 7) is 2.15. The van der Waals surface area contributed by atoms with E-state index in [1.165, 1.54) is 12.1 Å². The molecule has 1 N–H and O–H groups in total. The lowest BCUT2D eigenvalue weighted by molar-refractivity contribution is 0.258. The van der Waals surface area contributed by atoms with Crippen LogP contribution in [0, 0.1) is 5.82 Å². The molecule has 1 nitrogen and oxygen atoms in total. The minimum atomic E-state index is -0.230. The van der Waals surface area contributed by atoms with Crippen molar-refractivity contribution < 1.29 is 9.50 Å². The molecule has 0 aliphatic heterocycles. The van der Waals surface area contributed by atoms with Gasteiger partial charge in [-0.2, -0.15) is 0 Å². The number of aliphatic hydroxyl groups excluding tert-OH is 1. The van der Waals surface area contributed by atoms with Crippen LogP contribution in [0.2, 0.25) is 0 Å². The van der Waals surface area contributed by atoms with Crippen LogP contribution in [0.25, 0.3) is 0 Å². The highest BCUT2D eigenvalue weighted by Gasteiger charge is 2.09. The molecule has 0 fully saturated rings. The minimum absolute atomic E-state index is 0.0840. The van der Waals surface area contributed by atoms with Crippen molar-refractivity contribution in [3.8, 4) is 0 Å². The summed E-state index contributed by atoms with van der Waals surface area (Å²) in [6.07, 6.45) is 1.90. The van der Waals surface area contributed by atoms with Gasteiger partial charge in [0.25, 0.3) is 0 Å². The first-order chi connectivity index (χ1) is 6.27. The first kappa shape index (κ1) is 10.2. The highest BCUT2D eigenvalue weighted by Crippen LogP contribution is 2.20. The highest BCUT2D eigenvalue weighted by atomic mass is 19.1. The van der Waals surface area contributed by atoms with Crippen LogP contribution in [0.3, 0.4) is 0 Å². The summed E-state index contributed by atoms with van der Waals surface area (Å²) >= 11 is 0. The van der Waals surface area contributed by atoms with Gasteiger partial charge >= 0.3 is 0 Å². The molecule has 0 spiro atoms. The van der Waals surface area contributed by atoms with Crippen molar-refractivity contribution in [1.29, 1.82) is 0 Å².